The van der Waals surface area contributed by atoms with Gasteiger partial charge in [0.05, 0.1) is 18.8 Å². The molecule has 0 spiro atoms. The van der Waals surface area contributed by atoms with Crippen molar-refractivity contribution in [2.75, 3.05) is 26.3 Å². The molecule has 1 fully saturated rings. The first-order chi connectivity index (χ1) is 7.14. The van der Waals surface area contributed by atoms with E-state index < -0.39 is 5.54 Å². The Labute approximate surface area is 89.9 Å². The highest BCUT2D eigenvalue weighted by molar-refractivity contribution is 5.86. The van der Waals surface area contributed by atoms with Gasteiger partial charge in [-0.05, 0) is 12.8 Å². The summed E-state index contributed by atoms with van der Waals surface area (Å²) in [7, 11) is 0. The van der Waals surface area contributed by atoms with Gasteiger partial charge in [-0.1, -0.05) is 12.8 Å². The van der Waals surface area contributed by atoms with Crippen LogP contribution in [-0.4, -0.2) is 52.9 Å². The van der Waals surface area contributed by atoms with Crippen LogP contribution in [0.5, 0.6) is 0 Å². The largest absolute Gasteiger partial charge is 0.395 e. The Morgan fingerprint density at radius 3 is 2.07 bits per heavy atom. The Bertz CT molecular complexity index is 209. The Morgan fingerprint density at radius 2 is 1.67 bits per heavy atom. The lowest BCUT2D eigenvalue weighted by molar-refractivity contribution is -0.137. The molecule has 5 nitrogen and oxygen atoms in total. The van der Waals surface area contributed by atoms with Gasteiger partial charge in [-0.3, -0.25) is 4.79 Å². The lowest BCUT2D eigenvalue weighted by Crippen LogP contribution is -2.54. The number of nitrogens with two attached hydrogens (primary N) is 1. The number of carbonyl (C=O) groups excluding carboxylic acids is 1. The van der Waals surface area contributed by atoms with Gasteiger partial charge in [0.2, 0.25) is 5.91 Å². The summed E-state index contributed by atoms with van der Waals surface area (Å²) in [6.07, 6.45) is 3.38. The fourth-order valence-electron chi connectivity index (χ4n) is 2.09. The minimum absolute atomic E-state index is 0.0954. The van der Waals surface area contributed by atoms with Gasteiger partial charge in [-0.15, -0.1) is 0 Å². The van der Waals surface area contributed by atoms with Gasteiger partial charge in [0.25, 0.3) is 0 Å². The monoisotopic (exact) mass is 216 g/mol. The van der Waals surface area contributed by atoms with Crippen LogP contribution in [0, 0.1) is 0 Å². The summed E-state index contributed by atoms with van der Waals surface area (Å²) >= 11 is 0. The van der Waals surface area contributed by atoms with E-state index in [1.165, 1.54) is 4.90 Å². The molecule has 0 aromatic carbocycles. The van der Waals surface area contributed by atoms with Crippen molar-refractivity contribution < 1.29 is 15.0 Å². The maximum atomic E-state index is 12.0. The minimum Gasteiger partial charge on any atom is -0.395 e. The lowest BCUT2D eigenvalue weighted by Gasteiger charge is -2.30. The Kier molecular flexibility index (Phi) is 4.50. The average Bonchev–Trinajstić information content (AvgIpc) is 2.65. The van der Waals surface area contributed by atoms with Crippen molar-refractivity contribution in [2.24, 2.45) is 5.73 Å². The second kappa shape index (κ2) is 5.44. The fraction of sp³-hybridized carbons (Fsp3) is 0.900. The number of nitrogens with zero attached hydrogens (tertiary/aromatic N) is 1. The minimum atomic E-state index is -0.760. The first-order valence-electron chi connectivity index (χ1n) is 5.44. The molecule has 4 N–H and O–H groups in total. The molecule has 0 atom stereocenters. The van der Waals surface area contributed by atoms with Crippen LogP contribution in [0.15, 0.2) is 0 Å². The number of amides is 1. The van der Waals surface area contributed by atoms with E-state index in [1.54, 1.807) is 0 Å². The van der Waals surface area contributed by atoms with Crippen molar-refractivity contribution >= 4 is 5.91 Å². The van der Waals surface area contributed by atoms with Crippen LogP contribution in [0.2, 0.25) is 0 Å². The molecule has 0 bridgehead atoms. The first-order valence-corrected chi connectivity index (χ1v) is 5.44. The van der Waals surface area contributed by atoms with E-state index in [1.807, 2.05) is 0 Å². The Hall–Kier alpha value is -0.650. The summed E-state index contributed by atoms with van der Waals surface area (Å²) in [6, 6.07) is 0. The summed E-state index contributed by atoms with van der Waals surface area (Å²) in [5, 5.41) is 17.6. The molecule has 0 saturated heterocycles. The summed E-state index contributed by atoms with van der Waals surface area (Å²) in [5.41, 5.74) is 5.25. The summed E-state index contributed by atoms with van der Waals surface area (Å²) in [4.78, 5) is 13.5. The molecule has 1 amide bonds. The topological polar surface area (TPSA) is 86.8 Å². The van der Waals surface area contributed by atoms with Crippen molar-refractivity contribution in [3.63, 3.8) is 0 Å². The SMILES string of the molecule is NC1(C(=O)N(CCO)CCO)CCCC1. The highest BCUT2D eigenvalue weighted by Gasteiger charge is 2.39. The predicted octanol–water partition coefficient (Wildman–Crippen LogP) is -0.929. The third-order valence-electron chi connectivity index (χ3n) is 2.95. The molecular formula is C10H20N2O3. The molecule has 0 heterocycles. The van der Waals surface area contributed by atoms with E-state index in [0.29, 0.717) is 12.8 Å². The number of hydrogen-bond acceptors (Lipinski definition) is 4. The van der Waals surface area contributed by atoms with Gasteiger partial charge >= 0.3 is 0 Å². The van der Waals surface area contributed by atoms with Gasteiger partial charge in [0, 0.05) is 13.1 Å². The van der Waals surface area contributed by atoms with Crippen LogP contribution < -0.4 is 5.73 Å². The predicted molar refractivity (Wildman–Crippen MR) is 56.1 cm³/mol. The number of aliphatic hydroxyl groups is 2. The third-order valence-corrected chi connectivity index (χ3v) is 2.95. The Balaban J connectivity index is 2.61. The van der Waals surface area contributed by atoms with E-state index in [2.05, 4.69) is 0 Å². The molecule has 1 aliphatic rings. The van der Waals surface area contributed by atoms with E-state index in [4.69, 9.17) is 15.9 Å². The average molecular weight is 216 g/mol. The highest BCUT2D eigenvalue weighted by atomic mass is 16.3. The van der Waals surface area contributed by atoms with Crippen LogP contribution in [0.25, 0.3) is 0 Å². The maximum Gasteiger partial charge on any atom is 0.242 e. The van der Waals surface area contributed by atoms with E-state index in [0.717, 1.165) is 12.8 Å². The molecule has 5 heteroatoms. The van der Waals surface area contributed by atoms with E-state index >= 15 is 0 Å². The third kappa shape index (κ3) is 2.90. The van der Waals surface area contributed by atoms with Crippen LogP contribution in [0.1, 0.15) is 25.7 Å². The van der Waals surface area contributed by atoms with Crippen LogP contribution in [0.3, 0.4) is 0 Å². The second-order valence-corrected chi connectivity index (χ2v) is 4.10. The summed E-state index contributed by atoms with van der Waals surface area (Å²) < 4.78 is 0. The summed E-state index contributed by atoms with van der Waals surface area (Å²) in [6.45, 7) is 0.306. The second-order valence-electron chi connectivity index (χ2n) is 4.10. The molecule has 15 heavy (non-hydrogen) atoms. The smallest absolute Gasteiger partial charge is 0.242 e. The van der Waals surface area contributed by atoms with E-state index in [-0.39, 0.29) is 32.2 Å². The zero-order valence-electron chi connectivity index (χ0n) is 8.98. The number of rotatable bonds is 5. The molecule has 1 aliphatic carbocycles. The van der Waals surface area contributed by atoms with Gasteiger partial charge in [-0.2, -0.15) is 0 Å². The maximum absolute atomic E-state index is 12.0. The molecule has 0 aliphatic heterocycles. The number of carbonyl (C=O) groups is 1. The highest BCUT2D eigenvalue weighted by Crippen LogP contribution is 2.28. The van der Waals surface area contributed by atoms with Crippen molar-refractivity contribution in [3.05, 3.63) is 0 Å². The standard InChI is InChI=1S/C10H20N2O3/c11-10(3-1-2-4-10)9(15)12(5-7-13)6-8-14/h13-14H,1-8,11H2. The number of aliphatic hydroxyl groups excluding tert-OH is 2. The summed E-state index contributed by atoms with van der Waals surface area (Å²) in [5.74, 6) is -0.136. The van der Waals surface area contributed by atoms with Crippen molar-refractivity contribution in [2.45, 2.75) is 31.2 Å². The fourth-order valence-corrected chi connectivity index (χ4v) is 2.09. The van der Waals surface area contributed by atoms with Gasteiger partial charge < -0.3 is 20.8 Å². The van der Waals surface area contributed by atoms with Crippen molar-refractivity contribution in [1.29, 1.82) is 0 Å². The van der Waals surface area contributed by atoms with Crippen molar-refractivity contribution in [3.8, 4) is 0 Å². The van der Waals surface area contributed by atoms with Crippen molar-refractivity contribution in [1.82, 2.24) is 4.90 Å². The molecule has 88 valence electrons. The zero-order chi connectivity index (χ0) is 11.3. The molecule has 1 rings (SSSR count). The zero-order valence-corrected chi connectivity index (χ0v) is 8.98. The number of hydrogen-bond donors (Lipinski definition) is 3. The molecule has 0 radical (unpaired) electrons. The first kappa shape index (κ1) is 12.4. The van der Waals surface area contributed by atoms with Crippen LogP contribution >= 0.6 is 0 Å². The van der Waals surface area contributed by atoms with Gasteiger partial charge in [0.1, 0.15) is 0 Å². The van der Waals surface area contributed by atoms with E-state index in [9.17, 15) is 4.79 Å². The molecule has 0 aromatic heterocycles. The Morgan fingerprint density at radius 1 is 1.20 bits per heavy atom. The molecule has 1 saturated carbocycles. The lowest BCUT2D eigenvalue weighted by atomic mass is 9.97. The molecule has 0 aromatic rings. The quantitative estimate of drug-likeness (QED) is 0.554. The van der Waals surface area contributed by atoms with Gasteiger partial charge in [0.15, 0.2) is 0 Å². The van der Waals surface area contributed by atoms with Crippen LogP contribution in [-0.2, 0) is 4.79 Å². The molecule has 0 unspecified atom stereocenters. The normalized spacial score (nSPS) is 19.1. The molecular weight excluding hydrogens is 196 g/mol. The van der Waals surface area contributed by atoms with Gasteiger partial charge in [-0.25, -0.2) is 0 Å². The van der Waals surface area contributed by atoms with Crippen LogP contribution in [0.4, 0.5) is 0 Å².